The molecule has 0 bridgehead atoms. The molecule has 2 aromatic rings. The first-order valence-electron chi connectivity index (χ1n) is 13.5. The minimum Gasteiger partial charge on any atom is -0.477 e. The molecule has 3 heterocycles. The average molecular weight is 564 g/mol. The second-order valence-corrected chi connectivity index (χ2v) is 11.7. The fraction of sp³-hybridized carbons (Fsp3) is 0.552. The van der Waals surface area contributed by atoms with Gasteiger partial charge in [0.1, 0.15) is 0 Å². The Kier molecular flexibility index (Phi) is 7.82. The number of hydrogen-bond acceptors (Lipinski definition) is 4. The van der Waals surface area contributed by atoms with Crippen LogP contribution in [-0.2, 0) is 15.8 Å². The highest BCUT2D eigenvalue weighted by atomic mass is 35.5. The average Bonchev–Trinajstić information content (AvgIpc) is 3.69. The maximum Gasteiger partial charge on any atom is 0.417 e. The first-order valence-corrected chi connectivity index (χ1v) is 13.9. The zero-order valence-electron chi connectivity index (χ0n) is 21.9. The Morgan fingerprint density at radius 1 is 1.03 bits per heavy atom. The maximum atomic E-state index is 13.5. The van der Waals surface area contributed by atoms with Gasteiger partial charge in [0, 0.05) is 66.6 Å². The monoisotopic (exact) mass is 563 g/mol. The van der Waals surface area contributed by atoms with Crippen LogP contribution in [0.1, 0.15) is 56.1 Å². The molecule has 0 radical (unpaired) electrons. The molecule has 10 heteroatoms. The zero-order valence-corrected chi connectivity index (χ0v) is 22.7. The zero-order chi connectivity index (χ0) is 27.8. The van der Waals surface area contributed by atoms with Gasteiger partial charge in [-0.2, -0.15) is 13.2 Å². The SMILES string of the molecule is CC1(C(=O)N2CCC(C(=O)N3CCC(COc4ccc(C(F)(F)F)cn4)C(c4ccc(Cl)cc4)C3)CC2)CC1. The molecule has 2 atom stereocenters. The van der Waals surface area contributed by atoms with Gasteiger partial charge in [-0.05, 0) is 55.9 Å². The number of benzene rings is 1. The lowest BCUT2D eigenvalue weighted by atomic mass is 9.80. The summed E-state index contributed by atoms with van der Waals surface area (Å²) < 4.78 is 44.4. The van der Waals surface area contributed by atoms with E-state index in [1.807, 2.05) is 41.0 Å². The molecule has 2 unspecified atom stereocenters. The Morgan fingerprint density at radius 3 is 2.28 bits per heavy atom. The molecular weight excluding hydrogens is 531 g/mol. The summed E-state index contributed by atoms with van der Waals surface area (Å²) in [6.07, 6.45) is 0.261. The van der Waals surface area contributed by atoms with Gasteiger partial charge in [0.2, 0.25) is 17.7 Å². The van der Waals surface area contributed by atoms with Crippen LogP contribution in [0.4, 0.5) is 13.2 Å². The number of piperidine rings is 2. The van der Waals surface area contributed by atoms with Gasteiger partial charge in [0.25, 0.3) is 0 Å². The Bertz CT molecular complexity index is 1180. The van der Waals surface area contributed by atoms with Crippen molar-refractivity contribution in [1.29, 1.82) is 0 Å². The molecule has 0 N–H and O–H groups in total. The summed E-state index contributed by atoms with van der Waals surface area (Å²) >= 11 is 6.11. The standard InChI is InChI=1S/C29H33ClF3N3O3/c1-28(11-12-28)27(38)35-13-8-20(9-14-35)26(37)36-15-10-21(24(17-36)19-2-5-23(30)6-3-19)18-39-25-7-4-22(16-34-25)29(31,32)33/h2-7,16,20-21,24H,8-15,17-18H2,1H3. The lowest BCUT2D eigenvalue weighted by molar-refractivity contribution is -0.144. The molecule has 1 aliphatic carbocycles. The van der Waals surface area contributed by atoms with Crippen molar-refractivity contribution in [1.82, 2.24) is 14.8 Å². The van der Waals surface area contributed by atoms with E-state index >= 15 is 0 Å². The molecule has 0 spiro atoms. The summed E-state index contributed by atoms with van der Waals surface area (Å²) in [5, 5.41) is 0.616. The van der Waals surface area contributed by atoms with Gasteiger partial charge < -0.3 is 14.5 Å². The molecule has 3 aliphatic rings. The van der Waals surface area contributed by atoms with Gasteiger partial charge in [-0.15, -0.1) is 0 Å². The van der Waals surface area contributed by atoms with Gasteiger partial charge in [0.15, 0.2) is 0 Å². The first kappa shape index (κ1) is 27.7. The predicted molar refractivity (Wildman–Crippen MR) is 140 cm³/mol. The summed E-state index contributed by atoms with van der Waals surface area (Å²) in [6, 6.07) is 9.74. The van der Waals surface area contributed by atoms with Crippen LogP contribution in [0, 0.1) is 17.3 Å². The Morgan fingerprint density at radius 2 is 1.69 bits per heavy atom. The molecule has 6 nitrogen and oxygen atoms in total. The minimum atomic E-state index is -4.45. The number of ether oxygens (including phenoxy) is 1. The number of halogens is 4. The van der Waals surface area contributed by atoms with Crippen molar-refractivity contribution >= 4 is 23.4 Å². The molecule has 5 rings (SSSR count). The number of aromatic nitrogens is 1. The van der Waals surface area contributed by atoms with E-state index < -0.39 is 11.7 Å². The van der Waals surface area contributed by atoms with Gasteiger partial charge in [0.05, 0.1) is 12.2 Å². The third-order valence-electron chi connectivity index (χ3n) is 8.52. The number of nitrogens with zero attached hydrogens (tertiary/aromatic N) is 3. The second kappa shape index (κ2) is 11.0. The van der Waals surface area contributed by atoms with E-state index in [0.29, 0.717) is 50.5 Å². The maximum absolute atomic E-state index is 13.5. The van der Waals surface area contributed by atoms with Crippen molar-refractivity contribution in [3.05, 3.63) is 58.7 Å². The topological polar surface area (TPSA) is 62.7 Å². The third-order valence-corrected chi connectivity index (χ3v) is 8.77. The number of carbonyl (C=O) groups is 2. The second-order valence-electron chi connectivity index (χ2n) is 11.3. The van der Waals surface area contributed by atoms with Crippen LogP contribution >= 0.6 is 11.6 Å². The molecule has 1 saturated carbocycles. The highest BCUT2D eigenvalue weighted by Crippen LogP contribution is 2.47. The molecule has 210 valence electrons. The van der Waals surface area contributed by atoms with E-state index in [9.17, 15) is 22.8 Å². The van der Waals surface area contributed by atoms with E-state index in [1.165, 1.54) is 6.07 Å². The van der Waals surface area contributed by atoms with Crippen molar-refractivity contribution in [2.45, 2.75) is 51.1 Å². The van der Waals surface area contributed by atoms with Crippen LogP contribution in [0.5, 0.6) is 5.88 Å². The van der Waals surface area contributed by atoms with Gasteiger partial charge in [-0.3, -0.25) is 9.59 Å². The molecule has 2 saturated heterocycles. The van der Waals surface area contributed by atoms with E-state index in [1.54, 1.807) is 0 Å². The summed E-state index contributed by atoms with van der Waals surface area (Å²) in [6.45, 7) is 4.63. The van der Waals surface area contributed by atoms with E-state index in [4.69, 9.17) is 16.3 Å². The largest absolute Gasteiger partial charge is 0.477 e. The summed E-state index contributed by atoms with van der Waals surface area (Å²) in [5.74, 6) is 0.403. The quantitative estimate of drug-likeness (QED) is 0.445. The third kappa shape index (κ3) is 6.34. The van der Waals surface area contributed by atoms with Gasteiger partial charge in [-0.1, -0.05) is 30.7 Å². The van der Waals surface area contributed by atoms with E-state index in [-0.39, 0.29) is 47.5 Å². The molecular formula is C29H33ClF3N3O3. The van der Waals surface area contributed by atoms with Crippen molar-refractivity contribution < 1.29 is 27.5 Å². The molecule has 1 aromatic heterocycles. The smallest absolute Gasteiger partial charge is 0.417 e. The normalized spacial score (nSPS) is 23.4. The van der Waals surface area contributed by atoms with Gasteiger partial charge in [-0.25, -0.2) is 4.98 Å². The Hall–Kier alpha value is -2.81. The number of amides is 2. The van der Waals surface area contributed by atoms with Crippen LogP contribution in [0.25, 0.3) is 0 Å². The number of rotatable bonds is 6. The number of alkyl halides is 3. The minimum absolute atomic E-state index is 0.0223. The molecule has 3 fully saturated rings. The van der Waals surface area contributed by atoms with Crippen LogP contribution in [0.15, 0.2) is 42.6 Å². The van der Waals surface area contributed by atoms with Crippen LogP contribution < -0.4 is 4.74 Å². The number of hydrogen-bond donors (Lipinski definition) is 0. The van der Waals surface area contributed by atoms with Crippen molar-refractivity contribution in [3.8, 4) is 5.88 Å². The molecule has 39 heavy (non-hydrogen) atoms. The predicted octanol–water partition coefficient (Wildman–Crippen LogP) is 5.80. The summed E-state index contributed by atoms with van der Waals surface area (Å²) in [7, 11) is 0. The fourth-order valence-corrected chi connectivity index (χ4v) is 5.81. The first-order chi connectivity index (χ1) is 18.5. The highest BCUT2D eigenvalue weighted by molar-refractivity contribution is 6.30. The van der Waals surface area contributed by atoms with Gasteiger partial charge >= 0.3 is 6.18 Å². The van der Waals surface area contributed by atoms with Crippen LogP contribution in [-0.4, -0.2) is 59.4 Å². The lowest BCUT2D eigenvalue weighted by Crippen LogP contribution is -2.49. The number of pyridine rings is 1. The number of carbonyl (C=O) groups excluding carboxylic acids is 2. The van der Waals surface area contributed by atoms with Crippen LogP contribution in [0.2, 0.25) is 5.02 Å². The van der Waals surface area contributed by atoms with Crippen LogP contribution in [0.3, 0.4) is 0 Å². The van der Waals surface area contributed by atoms with Crippen molar-refractivity contribution in [2.75, 3.05) is 32.8 Å². The Labute approximate surface area is 231 Å². The molecule has 2 amide bonds. The van der Waals surface area contributed by atoms with Crippen molar-refractivity contribution in [2.24, 2.45) is 17.3 Å². The molecule has 2 aliphatic heterocycles. The number of likely N-dealkylation sites (tertiary alicyclic amines) is 2. The van der Waals surface area contributed by atoms with E-state index in [2.05, 4.69) is 4.98 Å². The fourth-order valence-electron chi connectivity index (χ4n) is 5.68. The highest BCUT2D eigenvalue weighted by Gasteiger charge is 2.48. The summed E-state index contributed by atoms with van der Waals surface area (Å²) in [4.78, 5) is 33.9. The lowest BCUT2D eigenvalue weighted by Gasteiger charge is -2.41. The summed E-state index contributed by atoms with van der Waals surface area (Å²) in [5.41, 5.74) is 0.0179. The molecule has 1 aromatic carbocycles. The van der Waals surface area contributed by atoms with E-state index in [0.717, 1.165) is 30.7 Å². The Balaban J connectivity index is 1.22. The van der Waals surface area contributed by atoms with Crippen molar-refractivity contribution in [3.63, 3.8) is 0 Å².